The Labute approximate surface area is 227 Å². The molecule has 0 spiro atoms. The fourth-order valence-electron chi connectivity index (χ4n) is 4.63. The number of rotatable bonds is 8. The third kappa shape index (κ3) is 4.99. The van der Waals surface area contributed by atoms with Crippen LogP contribution < -0.4 is 15.4 Å². The molecular weight excluding hydrogens is 514 g/mol. The highest BCUT2D eigenvalue weighted by Gasteiger charge is 2.33. The molecule has 5 aromatic rings. The van der Waals surface area contributed by atoms with E-state index < -0.39 is 6.09 Å². The molecular formula is C27H25N9O4. The lowest BCUT2D eigenvalue weighted by Gasteiger charge is -2.38. The smallest absolute Gasteiger partial charge is 0.404 e. The first-order valence-electron chi connectivity index (χ1n) is 12.5. The van der Waals surface area contributed by atoms with Crippen molar-refractivity contribution in [3.05, 3.63) is 84.7 Å². The maximum atomic E-state index is 12.4. The van der Waals surface area contributed by atoms with Crippen molar-refractivity contribution in [2.75, 3.05) is 25.0 Å². The lowest BCUT2D eigenvalue weighted by molar-refractivity contribution is -0.130. The van der Waals surface area contributed by atoms with Crippen LogP contribution in [0.2, 0.25) is 0 Å². The number of carboxylic acid groups (broad SMARTS) is 1. The van der Waals surface area contributed by atoms with Crippen LogP contribution in [0.3, 0.4) is 0 Å². The van der Waals surface area contributed by atoms with E-state index >= 15 is 0 Å². The molecule has 202 valence electrons. The topological polar surface area (TPSA) is 151 Å². The van der Waals surface area contributed by atoms with E-state index in [2.05, 4.69) is 30.8 Å². The third-order valence-corrected chi connectivity index (χ3v) is 6.67. The number of hydrogen-bond acceptors (Lipinski definition) is 8. The molecule has 0 bridgehead atoms. The summed E-state index contributed by atoms with van der Waals surface area (Å²) in [6.07, 6.45) is 8.43. The highest BCUT2D eigenvalue weighted by Crippen LogP contribution is 2.35. The fraction of sp³-hybridized carbons (Fsp3) is 0.185. The molecule has 0 radical (unpaired) electrons. The summed E-state index contributed by atoms with van der Waals surface area (Å²) in [5, 5.41) is 22.7. The number of carbonyl (C=O) groups excluding carboxylic acids is 1. The van der Waals surface area contributed by atoms with Crippen molar-refractivity contribution >= 4 is 34.7 Å². The van der Waals surface area contributed by atoms with E-state index in [1.165, 1.54) is 24.8 Å². The van der Waals surface area contributed by atoms with E-state index in [0.29, 0.717) is 30.3 Å². The van der Waals surface area contributed by atoms with Gasteiger partial charge >= 0.3 is 6.09 Å². The van der Waals surface area contributed by atoms with Crippen LogP contribution in [0.1, 0.15) is 17.0 Å². The van der Waals surface area contributed by atoms with E-state index in [0.717, 1.165) is 28.1 Å². The molecule has 0 unspecified atom stereocenters. The number of fused-ring (bicyclic) bond motifs is 2. The first-order valence-corrected chi connectivity index (χ1v) is 12.5. The van der Waals surface area contributed by atoms with Crippen molar-refractivity contribution in [3.8, 4) is 11.5 Å². The number of nitrogens with zero attached hydrogens (tertiary/aromatic N) is 7. The number of aromatic nitrogens is 6. The summed E-state index contributed by atoms with van der Waals surface area (Å²) in [5.74, 6) is 2.02. The van der Waals surface area contributed by atoms with Crippen molar-refractivity contribution in [2.24, 2.45) is 0 Å². The van der Waals surface area contributed by atoms with Crippen LogP contribution in [0.5, 0.6) is 11.5 Å². The van der Waals surface area contributed by atoms with Gasteiger partial charge in [-0.2, -0.15) is 10.2 Å². The quantitative estimate of drug-likeness (QED) is 0.252. The molecule has 13 nitrogen and oxygen atoms in total. The average Bonchev–Trinajstić information content (AvgIpc) is 3.55. The van der Waals surface area contributed by atoms with Gasteiger partial charge in [0.25, 0.3) is 0 Å². The van der Waals surface area contributed by atoms with Gasteiger partial charge in [-0.3, -0.25) is 4.79 Å². The molecule has 0 saturated carbocycles. The Morgan fingerprint density at radius 1 is 1.07 bits per heavy atom. The fourth-order valence-corrected chi connectivity index (χ4v) is 4.63. The van der Waals surface area contributed by atoms with Crippen molar-refractivity contribution in [3.63, 3.8) is 0 Å². The molecule has 13 heteroatoms. The summed E-state index contributed by atoms with van der Waals surface area (Å²) in [6, 6.07) is 11.5. The van der Waals surface area contributed by atoms with E-state index in [4.69, 9.17) is 9.84 Å². The van der Waals surface area contributed by atoms with Crippen LogP contribution in [-0.4, -0.2) is 70.8 Å². The largest absolute Gasteiger partial charge is 0.465 e. The normalized spacial score (nSPS) is 13.6. The molecule has 1 aromatic carbocycles. The minimum Gasteiger partial charge on any atom is -0.465 e. The lowest BCUT2D eigenvalue weighted by atomic mass is 9.92. The van der Waals surface area contributed by atoms with Crippen LogP contribution in [-0.2, 0) is 4.79 Å². The van der Waals surface area contributed by atoms with Gasteiger partial charge in [-0.15, -0.1) is 0 Å². The Balaban J connectivity index is 1.15. The SMILES string of the molecule is Cc1cc(Nc2ncnn3ccc(C4CN(C(=O)/C=C/CNC(=O)O)C4)c23)ccc1Oc1ccn2ncnc2c1. The zero-order valence-electron chi connectivity index (χ0n) is 21.4. The van der Waals surface area contributed by atoms with Crippen LogP contribution in [0, 0.1) is 6.92 Å². The molecule has 4 aromatic heterocycles. The van der Waals surface area contributed by atoms with Gasteiger partial charge in [0.05, 0.1) is 0 Å². The third-order valence-electron chi connectivity index (χ3n) is 6.67. The lowest BCUT2D eigenvalue weighted by Crippen LogP contribution is -2.47. The highest BCUT2D eigenvalue weighted by molar-refractivity contribution is 5.89. The van der Waals surface area contributed by atoms with Crippen molar-refractivity contribution in [1.82, 2.24) is 39.4 Å². The van der Waals surface area contributed by atoms with Gasteiger partial charge in [-0.1, -0.05) is 6.08 Å². The van der Waals surface area contributed by atoms with Gasteiger partial charge in [-0.05, 0) is 48.4 Å². The molecule has 1 saturated heterocycles. The molecule has 6 rings (SSSR count). The monoisotopic (exact) mass is 539 g/mol. The minimum atomic E-state index is -1.13. The van der Waals surface area contributed by atoms with Gasteiger partial charge in [-0.25, -0.2) is 23.8 Å². The Hall–Kier alpha value is -5.46. The molecule has 5 heterocycles. The Bertz CT molecular complexity index is 1750. The molecule has 1 aliphatic rings. The summed E-state index contributed by atoms with van der Waals surface area (Å²) in [5.41, 5.74) is 4.38. The predicted molar refractivity (Wildman–Crippen MR) is 145 cm³/mol. The highest BCUT2D eigenvalue weighted by atomic mass is 16.5. The number of ether oxygens (including phenoxy) is 1. The number of carbonyl (C=O) groups is 2. The van der Waals surface area contributed by atoms with Crippen LogP contribution in [0.15, 0.2) is 73.6 Å². The Morgan fingerprint density at radius 2 is 1.88 bits per heavy atom. The zero-order chi connectivity index (χ0) is 27.6. The van der Waals surface area contributed by atoms with Gasteiger partial charge in [0.2, 0.25) is 5.91 Å². The second-order valence-electron chi connectivity index (χ2n) is 9.33. The summed E-state index contributed by atoms with van der Waals surface area (Å²) in [6.45, 7) is 3.16. The van der Waals surface area contributed by atoms with E-state index in [9.17, 15) is 9.59 Å². The number of amides is 2. The number of anilines is 2. The molecule has 0 atom stereocenters. The predicted octanol–water partition coefficient (Wildman–Crippen LogP) is 3.37. The number of benzene rings is 1. The van der Waals surface area contributed by atoms with Crippen molar-refractivity contribution in [1.29, 1.82) is 0 Å². The molecule has 0 aliphatic carbocycles. The van der Waals surface area contributed by atoms with Crippen molar-refractivity contribution in [2.45, 2.75) is 12.8 Å². The van der Waals surface area contributed by atoms with Crippen LogP contribution in [0.4, 0.5) is 16.3 Å². The second kappa shape index (κ2) is 10.4. The van der Waals surface area contributed by atoms with E-state index in [1.54, 1.807) is 20.1 Å². The second-order valence-corrected chi connectivity index (χ2v) is 9.33. The summed E-state index contributed by atoms with van der Waals surface area (Å²) < 4.78 is 9.53. The Kier molecular flexibility index (Phi) is 6.44. The van der Waals surface area contributed by atoms with E-state index in [1.807, 2.05) is 49.5 Å². The number of aryl methyl sites for hydroxylation is 1. The number of nitrogens with one attached hydrogen (secondary N) is 2. The minimum absolute atomic E-state index is 0.0836. The molecule has 1 fully saturated rings. The standard InChI is InChI=1S/C27H25N9O4/c1-17-11-19(4-5-22(17)40-20-6-9-35-23(12-20)29-15-31-35)33-26-25-21(7-10-36(25)32-16-30-26)18-13-34(14-18)24(37)3-2-8-28-27(38)39/h2-7,9-12,15-16,18,28H,8,13-14H2,1H3,(H,38,39)(H,30,32,33)/b3-2+. The van der Waals surface area contributed by atoms with Gasteiger partial charge in [0, 0.05) is 55.8 Å². The van der Waals surface area contributed by atoms with Gasteiger partial charge in [0.15, 0.2) is 11.5 Å². The first kappa shape index (κ1) is 24.9. The van der Waals surface area contributed by atoms with E-state index in [-0.39, 0.29) is 18.4 Å². The van der Waals surface area contributed by atoms with Crippen LogP contribution >= 0.6 is 0 Å². The maximum absolute atomic E-state index is 12.4. The van der Waals surface area contributed by atoms with Crippen molar-refractivity contribution < 1.29 is 19.4 Å². The summed E-state index contributed by atoms with van der Waals surface area (Å²) >= 11 is 0. The van der Waals surface area contributed by atoms with Crippen LogP contribution in [0.25, 0.3) is 11.2 Å². The zero-order valence-corrected chi connectivity index (χ0v) is 21.4. The van der Waals surface area contributed by atoms with Gasteiger partial charge < -0.3 is 25.4 Å². The van der Waals surface area contributed by atoms with Gasteiger partial charge in [0.1, 0.15) is 29.7 Å². The first-order chi connectivity index (χ1) is 19.4. The Morgan fingerprint density at radius 3 is 2.70 bits per heavy atom. The molecule has 1 aliphatic heterocycles. The number of pyridine rings is 1. The molecule has 3 N–H and O–H groups in total. The summed E-state index contributed by atoms with van der Waals surface area (Å²) in [4.78, 5) is 33.3. The molecule has 40 heavy (non-hydrogen) atoms. The number of hydrogen-bond donors (Lipinski definition) is 3. The summed E-state index contributed by atoms with van der Waals surface area (Å²) in [7, 11) is 0. The average molecular weight is 540 g/mol. The number of likely N-dealkylation sites (tertiary alicyclic amines) is 1. The maximum Gasteiger partial charge on any atom is 0.404 e. The molecule has 2 amide bonds.